The SMILES string of the molecule is CNCCCCCC(C)CCN. The molecule has 0 aliphatic carbocycles. The first-order chi connectivity index (χ1) is 5.81. The van der Waals surface area contributed by atoms with Gasteiger partial charge in [0.05, 0.1) is 0 Å². The van der Waals surface area contributed by atoms with Gasteiger partial charge in [-0.1, -0.05) is 26.2 Å². The van der Waals surface area contributed by atoms with Gasteiger partial charge >= 0.3 is 0 Å². The van der Waals surface area contributed by atoms with E-state index in [0.29, 0.717) is 0 Å². The van der Waals surface area contributed by atoms with Gasteiger partial charge in [-0.15, -0.1) is 0 Å². The average molecular weight is 172 g/mol. The van der Waals surface area contributed by atoms with E-state index in [9.17, 15) is 0 Å². The van der Waals surface area contributed by atoms with Crippen molar-refractivity contribution in [2.45, 2.75) is 39.0 Å². The molecule has 0 rings (SSSR count). The molecule has 0 aromatic carbocycles. The molecule has 3 N–H and O–H groups in total. The maximum absolute atomic E-state index is 5.47. The normalized spacial score (nSPS) is 13.2. The molecular weight excluding hydrogens is 148 g/mol. The molecule has 0 spiro atoms. The zero-order chi connectivity index (χ0) is 9.23. The van der Waals surface area contributed by atoms with Gasteiger partial charge in [0.25, 0.3) is 0 Å². The summed E-state index contributed by atoms with van der Waals surface area (Å²) in [5.41, 5.74) is 5.47. The minimum Gasteiger partial charge on any atom is -0.330 e. The van der Waals surface area contributed by atoms with Crippen LogP contribution in [0.3, 0.4) is 0 Å². The summed E-state index contributed by atoms with van der Waals surface area (Å²) in [6.45, 7) is 4.30. The van der Waals surface area contributed by atoms with E-state index in [0.717, 1.165) is 19.0 Å². The van der Waals surface area contributed by atoms with Crippen LogP contribution in [0, 0.1) is 5.92 Å². The number of hydrogen-bond acceptors (Lipinski definition) is 2. The average Bonchev–Trinajstić information content (AvgIpc) is 2.05. The van der Waals surface area contributed by atoms with Crippen molar-refractivity contribution < 1.29 is 0 Å². The summed E-state index contributed by atoms with van der Waals surface area (Å²) in [5, 5.41) is 3.16. The van der Waals surface area contributed by atoms with Gasteiger partial charge in [0.1, 0.15) is 0 Å². The Bertz CT molecular complexity index is 83.9. The third kappa shape index (κ3) is 8.02. The highest BCUT2D eigenvalue weighted by Crippen LogP contribution is 2.11. The lowest BCUT2D eigenvalue weighted by atomic mass is 10.00. The first-order valence-electron chi connectivity index (χ1n) is 5.16. The molecule has 0 saturated carbocycles. The lowest BCUT2D eigenvalue weighted by Gasteiger charge is -2.08. The summed E-state index contributed by atoms with van der Waals surface area (Å²) in [6.07, 6.45) is 6.57. The smallest absolute Gasteiger partial charge is 0.00519 e. The van der Waals surface area contributed by atoms with Crippen LogP contribution in [0.4, 0.5) is 0 Å². The largest absolute Gasteiger partial charge is 0.330 e. The third-order valence-corrected chi connectivity index (χ3v) is 2.28. The van der Waals surface area contributed by atoms with E-state index in [1.165, 1.54) is 32.1 Å². The molecule has 0 fully saturated rings. The summed E-state index contributed by atoms with van der Waals surface area (Å²) in [6, 6.07) is 0. The molecule has 0 amide bonds. The van der Waals surface area contributed by atoms with Crippen LogP contribution < -0.4 is 11.1 Å². The van der Waals surface area contributed by atoms with Crippen molar-refractivity contribution in [1.82, 2.24) is 5.32 Å². The van der Waals surface area contributed by atoms with Crippen LogP contribution >= 0.6 is 0 Å². The van der Waals surface area contributed by atoms with Crippen molar-refractivity contribution in [3.63, 3.8) is 0 Å². The van der Waals surface area contributed by atoms with Gasteiger partial charge in [-0.05, 0) is 38.9 Å². The molecule has 12 heavy (non-hydrogen) atoms. The van der Waals surface area contributed by atoms with Crippen LogP contribution in [0.2, 0.25) is 0 Å². The zero-order valence-electron chi connectivity index (χ0n) is 8.60. The fraction of sp³-hybridized carbons (Fsp3) is 1.00. The molecule has 0 radical (unpaired) electrons. The van der Waals surface area contributed by atoms with Gasteiger partial charge in [-0.2, -0.15) is 0 Å². The van der Waals surface area contributed by atoms with Gasteiger partial charge < -0.3 is 11.1 Å². The number of hydrogen-bond donors (Lipinski definition) is 2. The highest BCUT2D eigenvalue weighted by atomic mass is 14.8. The van der Waals surface area contributed by atoms with E-state index >= 15 is 0 Å². The monoisotopic (exact) mass is 172 g/mol. The molecule has 0 heterocycles. The van der Waals surface area contributed by atoms with Crippen molar-refractivity contribution >= 4 is 0 Å². The molecule has 2 heteroatoms. The maximum atomic E-state index is 5.47. The molecular formula is C10H24N2. The Kier molecular flexibility index (Phi) is 8.95. The Morgan fingerprint density at radius 1 is 1.17 bits per heavy atom. The van der Waals surface area contributed by atoms with Gasteiger partial charge in [-0.25, -0.2) is 0 Å². The third-order valence-electron chi connectivity index (χ3n) is 2.28. The first kappa shape index (κ1) is 11.9. The van der Waals surface area contributed by atoms with Crippen LogP contribution in [0.15, 0.2) is 0 Å². The second-order valence-electron chi connectivity index (χ2n) is 3.64. The summed E-state index contributed by atoms with van der Waals surface area (Å²) in [5.74, 6) is 0.824. The Morgan fingerprint density at radius 3 is 2.50 bits per heavy atom. The standard InChI is InChI=1S/C10H24N2/c1-10(7-8-11)6-4-3-5-9-12-2/h10,12H,3-9,11H2,1-2H3. The summed E-state index contributed by atoms with van der Waals surface area (Å²) in [4.78, 5) is 0. The number of nitrogens with two attached hydrogens (primary N) is 1. The van der Waals surface area contributed by atoms with Crippen molar-refractivity contribution in [3.8, 4) is 0 Å². The topological polar surface area (TPSA) is 38.0 Å². The fourth-order valence-corrected chi connectivity index (χ4v) is 1.40. The second-order valence-corrected chi connectivity index (χ2v) is 3.64. The summed E-state index contributed by atoms with van der Waals surface area (Å²) in [7, 11) is 2.01. The molecule has 0 saturated heterocycles. The Hall–Kier alpha value is -0.0800. The van der Waals surface area contributed by atoms with Crippen molar-refractivity contribution in [2.75, 3.05) is 20.1 Å². The second kappa shape index (κ2) is 9.01. The van der Waals surface area contributed by atoms with Gasteiger partial charge in [0.15, 0.2) is 0 Å². The molecule has 2 nitrogen and oxygen atoms in total. The van der Waals surface area contributed by atoms with Crippen LogP contribution in [0.1, 0.15) is 39.0 Å². The predicted octanol–water partition coefficient (Wildman–Crippen LogP) is 1.75. The Morgan fingerprint density at radius 2 is 1.92 bits per heavy atom. The van der Waals surface area contributed by atoms with E-state index in [1.807, 2.05) is 7.05 Å². The maximum Gasteiger partial charge on any atom is -0.00519 e. The van der Waals surface area contributed by atoms with Crippen LogP contribution in [-0.4, -0.2) is 20.1 Å². The number of nitrogens with one attached hydrogen (secondary N) is 1. The molecule has 74 valence electrons. The van der Waals surface area contributed by atoms with Gasteiger partial charge in [0, 0.05) is 0 Å². The Balaban J connectivity index is 2.97. The first-order valence-corrected chi connectivity index (χ1v) is 5.16. The molecule has 0 aliphatic heterocycles. The summed E-state index contributed by atoms with van der Waals surface area (Å²) < 4.78 is 0. The van der Waals surface area contributed by atoms with Gasteiger partial charge in [0.2, 0.25) is 0 Å². The van der Waals surface area contributed by atoms with Crippen LogP contribution in [0.5, 0.6) is 0 Å². The summed E-state index contributed by atoms with van der Waals surface area (Å²) >= 11 is 0. The van der Waals surface area contributed by atoms with E-state index in [-0.39, 0.29) is 0 Å². The lowest BCUT2D eigenvalue weighted by Crippen LogP contribution is -2.08. The van der Waals surface area contributed by atoms with Crippen LogP contribution in [-0.2, 0) is 0 Å². The fourth-order valence-electron chi connectivity index (χ4n) is 1.40. The molecule has 0 aromatic rings. The number of unbranched alkanes of at least 4 members (excludes halogenated alkanes) is 2. The number of rotatable bonds is 8. The predicted molar refractivity (Wildman–Crippen MR) is 55.2 cm³/mol. The highest BCUT2D eigenvalue weighted by molar-refractivity contribution is 4.54. The van der Waals surface area contributed by atoms with E-state index in [1.54, 1.807) is 0 Å². The quantitative estimate of drug-likeness (QED) is 0.547. The van der Waals surface area contributed by atoms with E-state index in [4.69, 9.17) is 5.73 Å². The minimum atomic E-state index is 0.824. The van der Waals surface area contributed by atoms with E-state index in [2.05, 4.69) is 12.2 Å². The molecule has 0 aliphatic rings. The van der Waals surface area contributed by atoms with Crippen molar-refractivity contribution in [1.29, 1.82) is 0 Å². The van der Waals surface area contributed by atoms with Gasteiger partial charge in [-0.3, -0.25) is 0 Å². The van der Waals surface area contributed by atoms with Crippen molar-refractivity contribution in [2.24, 2.45) is 11.7 Å². The van der Waals surface area contributed by atoms with Crippen molar-refractivity contribution in [3.05, 3.63) is 0 Å². The minimum absolute atomic E-state index is 0.824. The zero-order valence-corrected chi connectivity index (χ0v) is 8.60. The molecule has 0 aromatic heterocycles. The van der Waals surface area contributed by atoms with E-state index < -0.39 is 0 Å². The molecule has 1 atom stereocenters. The molecule has 0 bridgehead atoms. The Labute approximate surface area is 76.9 Å². The lowest BCUT2D eigenvalue weighted by molar-refractivity contribution is 0.464. The van der Waals surface area contributed by atoms with Crippen LogP contribution in [0.25, 0.3) is 0 Å². The highest BCUT2D eigenvalue weighted by Gasteiger charge is 1.99. The molecule has 1 unspecified atom stereocenters.